The lowest BCUT2D eigenvalue weighted by atomic mass is 9.96. The van der Waals surface area contributed by atoms with Gasteiger partial charge in [0.2, 0.25) is 0 Å². The summed E-state index contributed by atoms with van der Waals surface area (Å²) in [5, 5.41) is 26.3. The number of nitrogens with one attached hydrogen (secondary N) is 1. The molecule has 0 aliphatic rings. The van der Waals surface area contributed by atoms with E-state index in [1.807, 2.05) is 0 Å². The molecule has 0 aromatic heterocycles. The van der Waals surface area contributed by atoms with Gasteiger partial charge in [0.15, 0.2) is 5.60 Å². The maximum Gasteiger partial charge on any atom is 0.345 e. The zero-order valence-corrected chi connectivity index (χ0v) is 8.37. The highest BCUT2D eigenvalue weighted by molar-refractivity contribution is 5.88. The number of aliphatic carboxylic acids is 2. The van der Waals surface area contributed by atoms with Crippen molar-refractivity contribution in [2.75, 3.05) is 0 Å². The second kappa shape index (κ2) is 5.65. The summed E-state index contributed by atoms with van der Waals surface area (Å²) >= 11 is 0. The van der Waals surface area contributed by atoms with Gasteiger partial charge in [0.1, 0.15) is 0 Å². The molecule has 0 saturated carbocycles. The molecule has 1 atom stereocenters. The summed E-state index contributed by atoms with van der Waals surface area (Å²) in [6.07, 6.45) is -2.36. The van der Waals surface area contributed by atoms with Crippen LogP contribution in [0.4, 0.5) is 4.79 Å². The van der Waals surface area contributed by atoms with Gasteiger partial charge < -0.3 is 25.9 Å². The number of primary amides is 1. The number of hydrogen-bond donors (Lipinski definition) is 5. The first-order valence-electron chi connectivity index (χ1n) is 4.10. The van der Waals surface area contributed by atoms with E-state index < -0.39 is 42.4 Å². The van der Waals surface area contributed by atoms with Crippen LogP contribution >= 0.6 is 0 Å². The Hall–Kier alpha value is -2.36. The number of carboxylic acid groups (broad SMARTS) is 2. The molecule has 0 saturated heterocycles. The molecule has 1 unspecified atom stereocenters. The Balaban J connectivity index is 4.54. The van der Waals surface area contributed by atoms with Crippen molar-refractivity contribution in [3.63, 3.8) is 0 Å². The number of aliphatic hydroxyl groups is 1. The van der Waals surface area contributed by atoms with Crippen molar-refractivity contribution < 1.29 is 39.3 Å². The molecule has 6 N–H and O–H groups in total. The van der Waals surface area contributed by atoms with E-state index in [1.165, 1.54) is 5.48 Å². The molecule has 0 heterocycles. The summed E-state index contributed by atoms with van der Waals surface area (Å²) in [6.45, 7) is 0. The summed E-state index contributed by atoms with van der Waals surface area (Å²) in [5.41, 5.74) is 3.13. The summed E-state index contributed by atoms with van der Waals surface area (Å²) in [6, 6.07) is -1.21. The average molecular weight is 250 g/mol. The van der Waals surface area contributed by atoms with Crippen LogP contribution < -0.4 is 11.2 Å². The van der Waals surface area contributed by atoms with Crippen molar-refractivity contribution in [3.8, 4) is 0 Å². The molecule has 0 aliphatic carbocycles. The standard InChI is InChI=1S/C7H10N2O8/c8-6(15)9-17-4(12)2-7(16,5(13)14)1-3(10)11/h16H,1-2H2,(H,10,11)(H,13,14)(H3,8,9,15). The molecule has 0 fully saturated rings. The van der Waals surface area contributed by atoms with Gasteiger partial charge in [-0.15, -0.1) is 0 Å². The number of carbonyl (C=O) groups excluding carboxylic acids is 2. The number of hydrogen-bond acceptors (Lipinski definition) is 6. The van der Waals surface area contributed by atoms with Crippen LogP contribution in [-0.2, 0) is 19.2 Å². The number of nitrogens with two attached hydrogens (primary N) is 1. The molecule has 0 aromatic carbocycles. The minimum atomic E-state index is -2.82. The SMILES string of the molecule is NC(=O)NOC(=O)CC(O)(CC(=O)O)C(=O)O. The largest absolute Gasteiger partial charge is 0.481 e. The van der Waals surface area contributed by atoms with E-state index in [1.54, 1.807) is 0 Å². The summed E-state index contributed by atoms with van der Waals surface area (Å²) in [5.74, 6) is -4.88. The third-order valence-corrected chi connectivity index (χ3v) is 1.54. The number of rotatable bonds is 5. The highest BCUT2D eigenvalue weighted by atomic mass is 16.7. The molecule has 10 heteroatoms. The van der Waals surface area contributed by atoms with E-state index >= 15 is 0 Å². The zero-order chi connectivity index (χ0) is 13.6. The van der Waals surface area contributed by atoms with Crippen LogP contribution in [0.1, 0.15) is 12.8 Å². The molecule has 17 heavy (non-hydrogen) atoms. The fraction of sp³-hybridized carbons (Fsp3) is 0.429. The van der Waals surface area contributed by atoms with Gasteiger partial charge in [-0.25, -0.2) is 14.4 Å². The fourth-order valence-corrected chi connectivity index (χ4v) is 0.846. The van der Waals surface area contributed by atoms with Gasteiger partial charge >= 0.3 is 23.9 Å². The van der Waals surface area contributed by atoms with E-state index in [0.29, 0.717) is 0 Å². The van der Waals surface area contributed by atoms with Gasteiger partial charge in [-0.1, -0.05) is 0 Å². The van der Waals surface area contributed by atoms with E-state index in [0.717, 1.165) is 0 Å². The quantitative estimate of drug-likeness (QED) is 0.341. The number of hydroxylamine groups is 1. The Labute approximate surface area is 93.9 Å². The second-order valence-electron chi connectivity index (χ2n) is 3.02. The van der Waals surface area contributed by atoms with Crippen LogP contribution in [-0.4, -0.2) is 44.9 Å². The van der Waals surface area contributed by atoms with Crippen molar-refractivity contribution in [2.45, 2.75) is 18.4 Å². The summed E-state index contributed by atoms with van der Waals surface area (Å²) < 4.78 is 0. The predicted molar refractivity (Wildman–Crippen MR) is 48.3 cm³/mol. The van der Waals surface area contributed by atoms with Crippen LogP contribution in [0.2, 0.25) is 0 Å². The average Bonchev–Trinajstić information content (AvgIpc) is 2.12. The van der Waals surface area contributed by atoms with Crippen LogP contribution in [0.5, 0.6) is 0 Å². The molecule has 0 radical (unpaired) electrons. The molecular weight excluding hydrogens is 240 g/mol. The lowest BCUT2D eigenvalue weighted by Crippen LogP contribution is -2.44. The Morgan fingerprint density at radius 3 is 2.06 bits per heavy atom. The third kappa shape index (κ3) is 5.32. The van der Waals surface area contributed by atoms with Gasteiger partial charge in [-0.05, 0) is 0 Å². The molecule has 0 aromatic rings. The molecule has 10 nitrogen and oxygen atoms in total. The van der Waals surface area contributed by atoms with Crippen LogP contribution in [0.3, 0.4) is 0 Å². The number of urea groups is 1. The Bertz CT molecular complexity index is 354. The second-order valence-corrected chi connectivity index (χ2v) is 3.02. The predicted octanol–water partition coefficient (Wildman–Crippen LogP) is -2.21. The molecule has 2 amide bonds. The highest BCUT2D eigenvalue weighted by Gasteiger charge is 2.41. The topological polar surface area (TPSA) is 176 Å². The third-order valence-electron chi connectivity index (χ3n) is 1.54. The van der Waals surface area contributed by atoms with Gasteiger partial charge in [0.25, 0.3) is 0 Å². The minimum absolute atomic E-state index is 1.16. The number of carbonyl (C=O) groups is 4. The van der Waals surface area contributed by atoms with Crippen LogP contribution in [0.25, 0.3) is 0 Å². The van der Waals surface area contributed by atoms with Crippen molar-refractivity contribution in [2.24, 2.45) is 5.73 Å². The van der Waals surface area contributed by atoms with E-state index in [9.17, 15) is 24.3 Å². The van der Waals surface area contributed by atoms with Gasteiger partial charge in [0, 0.05) is 0 Å². The maximum atomic E-state index is 10.9. The summed E-state index contributed by atoms with van der Waals surface area (Å²) in [7, 11) is 0. The maximum absolute atomic E-state index is 10.9. The summed E-state index contributed by atoms with van der Waals surface area (Å²) in [4.78, 5) is 45.9. The van der Waals surface area contributed by atoms with Crippen molar-refractivity contribution in [1.82, 2.24) is 5.48 Å². The Kier molecular flexibility index (Phi) is 4.87. The number of amides is 2. The van der Waals surface area contributed by atoms with Gasteiger partial charge in [-0.2, -0.15) is 5.48 Å². The van der Waals surface area contributed by atoms with Gasteiger partial charge in [-0.3, -0.25) is 4.79 Å². The first kappa shape index (κ1) is 14.6. The first-order chi connectivity index (χ1) is 7.67. The molecular formula is C7H10N2O8. The van der Waals surface area contributed by atoms with E-state index in [-0.39, 0.29) is 0 Å². The minimum Gasteiger partial charge on any atom is -0.481 e. The van der Waals surface area contributed by atoms with E-state index in [2.05, 4.69) is 10.6 Å². The normalized spacial score (nSPS) is 13.2. The zero-order valence-electron chi connectivity index (χ0n) is 8.37. The molecule has 0 rings (SSSR count). The molecule has 0 aliphatic heterocycles. The molecule has 0 spiro atoms. The lowest BCUT2D eigenvalue weighted by Gasteiger charge is -2.19. The number of carboxylic acids is 2. The first-order valence-corrected chi connectivity index (χ1v) is 4.10. The van der Waals surface area contributed by atoms with Crippen LogP contribution in [0, 0.1) is 0 Å². The molecule has 96 valence electrons. The fourth-order valence-electron chi connectivity index (χ4n) is 0.846. The highest BCUT2D eigenvalue weighted by Crippen LogP contribution is 2.16. The van der Waals surface area contributed by atoms with Gasteiger partial charge in [0.05, 0.1) is 12.8 Å². The molecule has 0 bridgehead atoms. The van der Waals surface area contributed by atoms with Crippen LogP contribution in [0.15, 0.2) is 0 Å². The van der Waals surface area contributed by atoms with Crippen molar-refractivity contribution >= 4 is 23.9 Å². The monoisotopic (exact) mass is 250 g/mol. The Morgan fingerprint density at radius 2 is 1.71 bits per heavy atom. The van der Waals surface area contributed by atoms with Crippen molar-refractivity contribution in [1.29, 1.82) is 0 Å². The smallest absolute Gasteiger partial charge is 0.345 e. The Morgan fingerprint density at radius 1 is 1.18 bits per heavy atom. The lowest BCUT2D eigenvalue weighted by molar-refractivity contribution is -0.173. The van der Waals surface area contributed by atoms with Crippen molar-refractivity contribution in [3.05, 3.63) is 0 Å². The van der Waals surface area contributed by atoms with E-state index in [4.69, 9.17) is 10.2 Å².